The molecule has 0 fully saturated rings. The fourth-order valence-corrected chi connectivity index (χ4v) is 3.12. The number of ether oxygens (including phenoxy) is 2. The monoisotopic (exact) mass is 403 g/mol. The molecule has 0 aliphatic rings. The van der Waals surface area contributed by atoms with Crippen molar-refractivity contribution in [3.8, 4) is 11.5 Å². The molecule has 0 radical (unpaired) electrons. The summed E-state index contributed by atoms with van der Waals surface area (Å²) in [4.78, 5) is 12.3. The third-order valence-electron chi connectivity index (χ3n) is 3.72. The minimum Gasteiger partial charge on any atom is -0.493 e. The lowest BCUT2D eigenvalue weighted by Crippen LogP contribution is -2.10. The Balaban J connectivity index is 2.17. The number of rotatable bonds is 6. The highest BCUT2D eigenvalue weighted by Gasteiger charge is 2.10. The number of para-hydroxylation sites is 1. The number of anilines is 1. The lowest BCUT2D eigenvalue weighted by atomic mass is 10.0. The third kappa shape index (κ3) is 4.86. The van der Waals surface area contributed by atoms with Gasteiger partial charge in [-0.2, -0.15) is 0 Å². The maximum atomic E-state index is 12.3. The van der Waals surface area contributed by atoms with Crippen LogP contribution in [-0.2, 0) is 4.79 Å². The topological polar surface area (TPSA) is 47.6 Å². The van der Waals surface area contributed by atoms with E-state index in [0.29, 0.717) is 17.4 Å². The maximum absolute atomic E-state index is 12.3. The van der Waals surface area contributed by atoms with Crippen LogP contribution in [0.3, 0.4) is 0 Å². The van der Waals surface area contributed by atoms with Gasteiger partial charge in [0.2, 0.25) is 5.91 Å². The van der Waals surface area contributed by atoms with Crippen molar-refractivity contribution in [3.63, 3.8) is 0 Å². The van der Waals surface area contributed by atoms with Crippen molar-refractivity contribution in [2.75, 3.05) is 19.5 Å². The second-order valence-electron chi connectivity index (χ2n) is 5.80. The molecule has 132 valence electrons. The Hall–Kier alpha value is -2.27. The highest BCUT2D eigenvalue weighted by atomic mass is 79.9. The van der Waals surface area contributed by atoms with Crippen molar-refractivity contribution >= 4 is 33.6 Å². The standard InChI is InChI=1S/C20H22BrNO3/c1-13(2)15-7-5-6-8-17(15)22-19(23)10-9-14-11-16(21)20(25-4)18(12-14)24-3/h5-13H,1-4H3,(H,22,23)/b10-9+. The van der Waals surface area contributed by atoms with Gasteiger partial charge in [0.05, 0.1) is 18.7 Å². The van der Waals surface area contributed by atoms with Crippen LogP contribution in [0.25, 0.3) is 6.08 Å². The van der Waals surface area contributed by atoms with Crippen LogP contribution in [0, 0.1) is 0 Å². The average molecular weight is 404 g/mol. The molecule has 0 aliphatic carbocycles. The van der Waals surface area contributed by atoms with Gasteiger partial charge in [-0.25, -0.2) is 0 Å². The molecule has 4 nitrogen and oxygen atoms in total. The minimum absolute atomic E-state index is 0.181. The highest BCUT2D eigenvalue weighted by Crippen LogP contribution is 2.36. The molecule has 5 heteroatoms. The Bertz CT molecular complexity index is 785. The molecule has 2 aromatic rings. The van der Waals surface area contributed by atoms with Gasteiger partial charge in [0.15, 0.2) is 11.5 Å². The summed E-state index contributed by atoms with van der Waals surface area (Å²) in [6, 6.07) is 11.5. The van der Waals surface area contributed by atoms with Crippen LogP contribution >= 0.6 is 15.9 Å². The molecule has 1 N–H and O–H groups in total. The van der Waals surface area contributed by atoms with E-state index in [1.165, 1.54) is 6.08 Å². The smallest absolute Gasteiger partial charge is 0.248 e. The molecular formula is C20H22BrNO3. The predicted octanol–water partition coefficient (Wildman–Crippen LogP) is 5.24. The van der Waals surface area contributed by atoms with Crippen molar-refractivity contribution < 1.29 is 14.3 Å². The van der Waals surface area contributed by atoms with E-state index in [9.17, 15) is 4.79 Å². The summed E-state index contributed by atoms with van der Waals surface area (Å²) in [5, 5.41) is 2.93. The number of carbonyl (C=O) groups excluding carboxylic acids is 1. The minimum atomic E-state index is -0.181. The molecular weight excluding hydrogens is 382 g/mol. The van der Waals surface area contributed by atoms with Gasteiger partial charge in [0.1, 0.15) is 0 Å². The zero-order chi connectivity index (χ0) is 18.4. The molecule has 0 unspecified atom stereocenters. The Morgan fingerprint density at radius 2 is 1.88 bits per heavy atom. The lowest BCUT2D eigenvalue weighted by molar-refractivity contribution is -0.111. The molecule has 0 aliphatic heterocycles. The first-order chi connectivity index (χ1) is 12.0. The summed E-state index contributed by atoms with van der Waals surface area (Å²) in [5.41, 5.74) is 2.77. The first-order valence-corrected chi connectivity index (χ1v) is 8.75. The second kappa shape index (κ2) is 8.72. The number of amides is 1. The molecule has 2 rings (SSSR count). The molecule has 0 atom stereocenters. The maximum Gasteiger partial charge on any atom is 0.248 e. The number of carbonyl (C=O) groups is 1. The van der Waals surface area contributed by atoms with Crippen molar-refractivity contribution in [1.29, 1.82) is 0 Å². The quantitative estimate of drug-likeness (QED) is 0.670. The van der Waals surface area contributed by atoms with Crippen molar-refractivity contribution in [2.45, 2.75) is 19.8 Å². The molecule has 0 aromatic heterocycles. The molecule has 2 aromatic carbocycles. The van der Waals surface area contributed by atoms with E-state index in [-0.39, 0.29) is 5.91 Å². The second-order valence-corrected chi connectivity index (χ2v) is 6.66. The van der Waals surface area contributed by atoms with Gasteiger partial charge in [-0.1, -0.05) is 32.0 Å². The summed E-state index contributed by atoms with van der Waals surface area (Å²) in [7, 11) is 3.16. The van der Waals surface area contributed by atoms with Crippen LogP contribution in [0.15, 0.2) is 46.9 Å². The highest BCUT2D eigenvalue weighted by molar-refractivity contribution is 9.10. The molecule has 0 bridgehead atoms. The Labute approximate surface area is 157 Å². The largest absolute Gasteiger partial charge is 0.493 e. The van der Waals surface area contributed by atoms with E-state index < -0.39 is 0 Å². The zero-order valence-electron chi connectivity index (χ0n) is 14.8. The summed E-state index contributed by atoms with van der Waals surface area (Å²) in [5.74, 6) is 1.37. The van der Waals surface area contributed by atoms with Gasteiger partial charge in [-0.3, -0.25) is 4.79 Å². The Morgan fingerprint density at radius 1 is 1.16 bits per heavy atom. The lowest BCUT2D eigenvalue weighted by Gasteiger charge is -2.12. The summed E-state index contributed by atoms with van der Waals surface area (Å²) in [6.45, 7) is 4.20. The Morgan fingerprint density at radius 3 is 2.52 bits per heavy atom. The van der Waals surface area contributed by atoms with Gasteiger partial charge in [-0.15, -0.1) is 0 Å². The van der Waals surface area contributed by atoms with E-state index in [0.717, 1.165) is 21.3 Å². The average Bonchev–Trinajstić information content (AvgIpc) is 2.59. The molecule has 0 heterocycles. The van der Waals surface area contributed by atoms with E-state index in [1.54, 1.807) is 20.3 Å². The fourth-order valence-electron chi connectivity index (χ4n) is 2.49. The number of hydrogen-bond acceptors (Lipinski definition) is 3. The first-order valence-electron chi connectivity index (χ1n) is 7.95. The van der Waals surface area contributed by atoms with Crippen LogP contribution in [-0.4, -0.2) is 20.1 Å². The fraction of sp³-hybridized carbons (Fsp3) is 0.250. The number of benzene rings is 2. The molecule has 0 spiro atoms. The van der Waals surface area contributed by atoms with Crippen LogP contribution in [0.2, 0.25) is 0 Å². The van der Waals surface area contributed by atoms with Crippen molar-refractivity contribution in [3.05, 3.63) is 58.1 Å². The van der Waals surface area contributed by atoms with Crippen LogP contribution in [0.1, 0.15) is 30.9 Å². The first kappa shape index (κ1) is 19.1. The van der Waals surface area contributed by atoms with E-state index >= 15 is 0 Å². The van der Waals surface area contributed by atoms with E-state index in [2.05, 4.69) is 35.1 Å². The Kier molecular flexibility index (Phi) is 6.65. The van der Waals surface area contributed by atoms with Crippen molar-refractivity contribution in [2.24, 2.45) is 0 Å². The number of halogens is 1. The zero-order valence-corrected chi connectivity index (χ0v) is 16.4. The predicted molar refractivity (Wildman–Crippen MR) is 105 cm³/mol. The molecule has 0 saturated carbocycles. The van der Waals surface area contributed by atoms with Gasteiger partial charge < -0.3 is 14.8 Å². The van der Waals surface area contributed by atoms with Crippen LogP contribution < -0.4 is 14.8 Å². The number of methoxy groups -OCH3 is 2. The van der Waals surface area contributed by atoms with E-state index in [1.807, 2.05) is 36.4 Å². The van der Waals surface area contributed by atoms with Gasteiger partial charge >= 0.3 is 0 Å². The normalized spacial score (nSPS) is 11.0. The van der Waals surface area contributed by atoms with E-state index in [4.69, 9.17) is 9.47 Å². The van der Waals surface area contributed by atoms with Crippen LogP contribution in [0.4, 0.5) is 5.69 Å². The number of hydrogen-bond donors (Lipinski definition) is 1. The SMILES string of the molecule is COc1cc(/C=C/C(=O)Nc2ccccc2C(C)C)cc(Br)c1OC. The summed E-state index contributed by atoms with van der Waals surface area (Å²) in [6.07, 6.45) is 3.24. The number of nitrogens with one attached hydrogen (secondary N) is 1. The van der Waals surface area contributed by atoms with Gasteiger partial charge in [0, 0.05) is 11.8 Å². The molecule has 25 heavy (non-hydrogen) atoms. The molecule has 1 amide bonds. The molecule has 0 saturated heterocycles. The van der Waals surface area contributed by atoms with Gasteiger partial charge in [-0.05, 0) is 57.2 Å². The van der Waals surface area contributed by atoms with Crippen LogP contribution in [0.5, 0.6) is 11.5 Å². The summed E-state index contributed by atoms with van der Waals surface area (Å²) >= 11 is 3.45. The van der Waals surface area contributed by atoms with Gasteiger partial charge in [0.25, 0.3) is 0 Å². The summed E-state index contributed by atoms with van der Waals surface area (Å²) < 4.78 is 11.4. The van der Waals surface area contributed by atoms with Crippen molar-refractivity contribution in [1.82, 2.24) is 0 Å². The third-order valence-corrected chi connectivity index (χ3v) is 4.31.